The van der Waals surface area contributed by atoms with Crippen molar-refractivity contribution in [1.82, 2.24) is 0 Å². The Morgan fingerprint density at radius 3 is 1.64 bits per heavy atom. The van der Waals surface area contributed by atoms with Gasteiger partial charge in [-0.15, -0.1) is 0 Å². The highest BCUT2D eigenvalue weighted by Crippen LogP contribution is 2.54. The van der Waals surface area contributed by atoms with Crippen molar-refractivity contribution in [2.45, 2.75) is 31.6 Å². The highest BCUT2D eigenvalue weighted by Gasteiger charge is 2.41. The fraction of sp³-hybridized carbons (Fsp3) is 0.0943. The van der Waals surface area contributed by atoms with Crippen molar-refractivity contribution in [2.24, 2.45) is 0 Å². The summed E-state index contributed by atoms with van der Waals surface area (Å²) in [6.07, 6.45) is 0. The topological polar surface area (TPSA) is 16.4 Å². The van der Waals surface area contributed by atoms with Crippen molar-refractivity contribution < 1.29 is 4.42 Å². The zero-order valence-corrected chi connectivity index (χ0v) is 31.2. The molecule has 2 aliphatic carbocycles. The Kier molecular flexibility index (Phi) is 6.76. The van der Waals surface area contributed by atoms with Gasteiger partial charge >= 0.3 is 0 Å². The van der Waals surface area contributed by atoms with Gasteiger partial charge in [0.05, 0.1) is 0 Å². The van der Waals surface area contributed by atoms with Gasteiger partial charge in [-0.2, -0.15) is 0 Å². The molecule has 0 atom stereocenters. The molecule has 0 saturated heterocycles. The molecule has 2 heteroatoms. The molecular weight excluding hydrogens is 667 g/mol. The van der Waals surface area contributed by atoms with Crippen LogP contribution in [0, 0.1) is 0 Å². The van der Waals surface area contributed by atoms with Crippen LogP contribution in [0.5, 0.6) is 0 Å². The zero-order valence-electron chi connectivity index (χ0n) is 31.2. The Hall–Kier alpha value is -6.64. The van der Waals surface area contributed by atoms with Crippen molar-refractivity contribution in [1.29, 1.82) is 0 Å². The van der Waals surface area contributed by atoms with Crippen molar-refractivity contribution in [2.75, 3.05) is 4.90 Å². The number of hydrogen-bond donors (Lipinski definition) is 0. The minimum absolute atomic E-state index is 0.117. The van der Waals surface area contributed by atoms with Crippen molar-refractivity contribution >= 4 is 39.0 Å². The molecule has 0 fully saturated rings. The van der Waals surface area contributed by atoms with Crippen molar-refractivity contribution in [3.05, 3.63) is 210 Å². The summed E-state index contributed by atoms with van der Waals surface area (Å²) < 4.78 is 6.57. The second kappa shape index (κ2) is 11.7. The molecule has 8 aromatic carbocycles. The largest absolute Gasteiger partial charge is 0.456 e. The van der Waals surface area contributed by atoms with E-state index in [0.717, 1.165) is 39.0 Å². The van der Waals surface area contributed by atoms with Crippen LogP contribution in [-0.4, -0.2) is 0 Å². The fourth-order valence-corrected chi connectivity index (χ4v) is 9.71. The summed E-state index contributed by atoms with van der Waals surface area (Å²) in [7, 11) is 0. The van der Waals surface area contributed by atoms with E-state index in [0.29, 0.717) is 0 Å². The molecule has 0 aliphatic heterocycles. The molecule has 1 heterocycles. The second-order valence-electron chi connectivity index (χ2n) is 15.9. The molecule has 1 aromatic heterocycles. The van der Waals surface area contributed by atoms with Gasteiger partial charge in [0.15, 0.2) is 0 Å². The predicted molar refractivity (Wildman–Crippen MR) is 229 cm³/mol. The van der Waals surface area contributed by atoms with E-state index in [-0.39, 0.29) is 10.8 Å². The number of nitrogens with zero attached hydrogens (tertiary/aromatic N) is 1. The third kappa shape index (κ3) is 4.61. The van der Waals surface area contributed by atoms with E-state index in [9.17, 15) is 0 Å². The first kappa shape index (κ1) is 31.8. The Morgan fingerprint density at radius 1 is 0.382 bits per heavy atom. The van der Waals surface area contributed by atoms with Gasteiger partial charge < -0.3 is 9.32 Å². The lowest BCUT2D eigenvalue weighted by atomic mass is 9.74. The van der Waals surface area contributed by atoms with E-state index < -0.39 is 0 Å². The molecule has 0 spiro atoms. The van der Waals surface area contributed by atoms with Crippen LogP contribution >= 0.6 is 0 Å². The molecule has 2 nitrogen and oxygen atoms in total. The summed E-state index contributed by atoms with van der Waals surface area (Å²) in [5.41, 5.74) is 19.0. The third-order valence-electron chi connectivity index (χ3n) is 12.5. The molecule has 2 aliphatic rings. The van der Waals surface area contributed by atoms with Crippen LogP contribution in [0.25, 0.3) is 55.3 Å². The maximum absolute atomic E-state index is 6.57. The van der Waals surface area contributed by atoms with Crippen molar-refractivity contribution in [3.63, 3.8) is 0 Å². The molecule has 0 radical (unpaired) electrons. The summed E-state index contributed by atoms with van der Waals surface area (Å²) in [4.78, 5) is 2.42. The van der Waals surface area contributed by atoms with E-state index in [4.69, 9.17) is 4.42 Å². The molecule has 11 rings (SSSR count). The van der Waals surface area contributed by atoms with Crippen molar-refractivity contribution in [3.8, 4) is 33.4 Å². The molecule has 262 valence electrons. The summed E-state index contributed by atoms with van der Waals surface area (Å²) >= 11 is 0. The quantitative estimate of drug-likeness (QED) is 0.177. The normalized spacial score (nSPS) is 14.4. The first-order valence-electron chi connectivity index (χ1n) is 19.3. The van der Waals surface area contributed by atoms with Crippen LogP contribution in [0.4, 0.5) is 17.1 Å². The molecule has 0 unspecified atom stereocenters. The Labute approximate surface area is 322 Å². The Bertz CT molecular complexity index is 2940. The smallest absolute Gasteiger partial charge is 0.135 e. The summed E-state index contributed by atoms with van der Waals surface area (Å²) in [6, 6.07) is 66.7. The van der Waals surface area contributed by atoms with E-state index in [2.05, 4.69) is 208 Å². The monoisotopic (exact) mass is 705 g/mol. The van der Waals surface area contributed by atoms with Gasteiger partial charge in [-0.3, -0.25) is 0 Å². The van der Waals surface area contributed by atoms with E-state index in [1.807, 2.05) is 0 Å². The average Bonchev–Trinajstić information content (AvgIpc) is 3.81. The average molecular weight is 706 g/mol. The van der Waals surface area contributed by atoms with Crippen LogP contribution in [0.1, 0.15) is 48.6 Å². The lowest BCUT2D eigenvalue weighted by Crippen LogP contribution is -2.22. The lowest BCUT2D eigenvalue weighted by molar-refractivity contribution is 0.660. The van der Waals surface area contributed by atoms with Crippen LogP contribution in [0.3, 0.4) is 0 Å². The molecule has 9 aromatic rings. The number of rotatable bonds is 5. The SMILES string of the molecule is CC1(C)c2ccccc2-c2ccc(N(c3cccc(-c4ccccc4)c3)c3ccc4oc5ccc(C6(C)c7ccccc7-c7ccccc76)cc5c4c3)cc21. The summed E-state index contributed by atoms with van der Waals surface area (Å²) in [5.74, 6) is 0. The maximum atomic E-state index is 6.57. The van der Waals surface area contributed by atoms with E-state index >= 15 is 0 Å². The Morgan fingerprint density at radius 2 is 0.909 bits per heavy atom. The van der Waals surface area contributed by atoms with Gasteiger partial charge in [0, 0.05) is 38.7 Å². The van der Waals surface area contributed by atoms with E-state index in [1.54, 1.807) is 0 Å². The minimum Gasteiger partial charge on any atom is -0.456 e. The number of furan rings is 1. The first-order valence-corrected chi connectivity index (χ1v) is 19.3. The Balaban J connectivity index is 1.10. The molecule has 0 bridgehead atoms. The summed E-state index contributed by atoms with van der Waals surface area (Å²) in [5, 5.41) is 2.23. The second-order valence-corrected chi connectivity index (χ2v) is 15.9. The number of fused-ring (bicyclic) bond motifs is 9. The van der Waals surface area contributed by atoms with Crippen LogP contribution in [0.2, 0.25) is 0 Å². The molecule has 0 saturated carbocycles. The van der Waals surface area contributed by atoms with Gasteiger partial charge in [0.25, 0.3) is 0 Å². The zero-order chi connectivity index (χ0) is 36.9. The molecule has 55 heavy (non-hydrogen) atoms. The number of anilines is 3. The van der Waals surface area contributed by atoms with Gasteiger partial charge in [0.2, 0.25) is 0 Å². The van der Waals surface area contributed by atoms with Gasteiger partial charge in [-0.25, -0.2) is 0 Å². The predicted octanol–water partition coefficient (Wildman–Crippen LogP) is 14.4. The molecular formula is C53H39NO. The van der Waals surface area contributed by atoms with Gasteiger partial charge in [-0.05, 0) is 123 Å². The van der Waals surface area contributed by atoms with Gasteiger partial charge in [-0.1, -0.05) is 141 Å². The molecule has 0 amide bonds. The number of hydrogen-bond acceptors (Lipinski definition) is 2. The highest BCUT2D eigenvalue weighted by atomic mass is 16.3. The van der Waals surface area contributed by atoms with Gasteiger partial charge in [0.1, 0.15) is 11.2 Å². The van der Waals surface area contributed by atoms with Crippen LogP contribution in [0.15, 0.2) is 186 Å². The fourth-order valence-electron chi connectivity index (χ4n) is 9.71. The minimum atomic E-state index is -0.290. The highest BCUT2D eigenvalue weighted by molar-refractivity contribution is 6.07. The third-order valence-corrected chi connectivity index (χ3v) is 12.5. The maximum Gasteiger partial charge on any atom is 0.135 e. The first-order chi connectivity index (χ1) is 26.9. The van der Waals surface area contributed by atoms with E-state index in [1.165, 1.54) is 61.2 Å². The lowest BCUT2D eigenvalue weighted by Gasteiger charge is -2.29. The van der Waals surface area contributed by atoms with Crippen LogP contribution < -0.4 is 4.90 Å². The number of benzene rings is 8. The standard InChI is InChI=1S/C53H39NO/c1-52(2)46-21-10-7-18-40(46)43-27-25-39(33-49(43)52)54(37-17-13-16-35(30-37)34-14-5-4-6-15-34)38-26-29-51-45(32-38)44-31-36(24-28-50(44)55-51)53(3)47-22-11-8-19-41(47)42-20-9-12-23-48(42)53/h4-33H,1-3H3. The van der Waals surface area contributed by atoms with Crippen LogP contribution in [-0.2, 0) is 10.8 Å². The summed E-state index contributed by atoms with van der Waals surface area (Å²) in [6.45, 7) is 7.08. The molecule has 0 N–H and O–H groups in total.